The van der Waals surface area contributed by atoms with Crippen molar-refractivity contribution >= 4 is 11.4 Å². The van der Waals surface area contributed by atoms with E-state index in [-0.39, 0.29) is 10.6 Å². The van der Waals surface area contributed by atoms with E-state index < -0.39 is 6.10 Å². The number of aliphatic hydroxyl groups is 1. The number of rotatable bonds is 3. The Hall–Kier alpha value is -1.62. The molecule has 1 aliphatic heterocycles. The lowest BCUT2D eigenvalue weighted by Crippen LogP contribution is -2.29. The van der Waals surface area contributed by atoms with Gasteiger partial charge in [0.15, 0.2) is 0 Å². The first kappa shape index (κ1) is 12.8. The normalized spacial score (nSPS) is 17.6. The SMILES string of the molecule is CC(O)c1ccc(N2CCCCC2)c([N+](=O)[O-])c1. The molecule has 1 heterocycles. The van der Waals surface area contributed by atoms with Crippen LogP contribution in [-0.2, 0) is 0 Å². The Morgan fingerprint density at radius 2 is 2.00 bits per heavy atom. The van der Waals surface area contributed by atoms with E-state index in [0.717, 1.165) is 25.9 Å². The van der Waals surface area contributed by atoms with Gasteiger partial charge >= 0.3 is 0 Å². The van der Waals surface area contributed by atoms with Gasteiger partial charge < -0.3 is 10.0 Å². The van der Waals surface area contributed by atoms with E-state index in [9.17, 15) is 15.2 Å². The van der Waals surface area contributed by atoms with E-state index in [1.54, 1.807) is 19.1 Å². The Labute approximate surface area is 106 Å². The smallest absolute Gasteiger partial charge is 0.292 e. The Morgan fingerprint density at radius 3 is 2.56 bits per heavy atom. The van der Waals surface area contributed by atoms with E-state index >= 15 is 0 Å². The summed E-state index contributed by atoms with van der Waals surface area (Å²) in [5.74, 6) is 0. The van der Waals surface area contributed by atoms with E-state index in [1.165, 1.54) is 12.5 Å². The van der Waals surface area contributed by atoms with Crippen molar-refractivity contribution in [2.45, 2.75) is 32.3 Å². The van der Waals surface area contributed by atoms with E-state index in [0.29, 0.717) is 11.3 Å². The van der Waals surface area contributed by atoms with Gasteiger partial charge in [-0.3, -0.25) is 10.1 Å². The monoisotopic (exact) mass is 250 g/mol. The molecule has 1 aliphatic rings. The topological polar surface area (TPSA) is 66.6 Å². The molecular weight excluding hydrogens is 232 g/mol. The van der Waals surface area contributed by atoms with Crippen LogP contribution in [0.25, 0.3) is 0 Å². The maximum absolute atomic E-state index is 11.1. The first-order valence-electron chi connectivity index (χ1n) is 6.31. The van der Waals surface area contributed by atoms with Crippen molar-refractivity contribution in [1.82, 2.24) is 0 Å². The largest absolute Gasteiger partial charge is 0.389 e. The van der Waals surface area contributed by atoms with Crippen LogP contribution in [0.1, 0.15) is 37.9 Å². The van der Waals surface area contributed by atoms with Gasteiger partial charge in [-0.05, 0) is 37.8 Å². The quantitative estimate of drug-likeness (QED) is 0.661. The predicted molar refractivity (Wildman–Crippen MR) is 69.8 cm³/mol. The molecule has 0 bridgehead atoms. The van der Waals surface area contributed by atoms with Crippen LogP contribution in [0.4, 0.5) is 11.4 Å². The number of nitro benzene ring substituents is 1. The summed E-state index contributed by atoms with van der Waals surface area (Å²) in [6, 6.07) is 5.00. The van der Waals surface area contributed by atoms with Crippen LogP contribution >= 0.6 is 0 Å². The van der Waals surface area contributed by atoms with E-state index in [4.69, 9.17) is 0 Å². The number of hydrogen-bond acceptors (Lipinski definition) is 4. The third-order valence-electron chi connectivity index (χ3n) is 3.38. The molecule has 18 heavy (non-hydrogen) atoms. The maximum Gasteiger partial charge on any atom is 0.292 e. The summed E-state index contributed by atoms with van der Waals surface area (Å²) in [5, 5.41) is 20.6. The number of benzene rings is 1. The van der Waals surface area contributed by atoms with E-state index in [1.807, 2.05) is 0 Å². The zero-order chi connectivity index (χ0) is 13.1. The average Bonchev–Trinajstić information content (AvgIpc) is 2.39. The lowest BCUT2D eigenvalue weighted by molar-refractivity contribution is -0.384. The van der Waals surface area contributed by atoms with Crippen LogP contribution < -0.4 is 4.90 Å². The fraction of sp³-hybridized carbons (Fsp3) is 0.538. The molecule has 0 saturated carbocycles. The standard InChI is InChI=1S/C13H18N2O3/c1-10(16)11-5-6-12(13(9-11)15(17)18)14-7-3-2-4-8-14/h5-6,9-10,16H,2-4,7-8H2,1H3. The van der Waals surface area contributed by atoms with Crippen LogP contribution in [0.2, 0.25) is 0 Å². The van der Waals surface area contributed by atoms with Crippen LogP contribution in [0.5, 0.6) is 0 Å². The molecule has 0 amide bonds. The molecule has 1 atom stereocenters. The highest BCUT2D eigenvalue weighted by Gasteiger charge is 2.22. The first-order chi connectivity index (χ1) is 8.59. The number of hydrogen-bond donors (Lipinski definition) is 1. The summed E-state index contributed by atoms with van der Waals surface area (Å²) in [7, 11) is 0. The van der Waals surface area contributed by atoms with Gasteiger partial charge in [0.05, 0.1) is 11.0 Å². The molecule has 0 aromatic heterocycles. The Morgan fingerprint density at radius 1 is 1.33 bits per heavy atom. The predicted octanol–water partition coefficient (Wildman–Crippen LogP) is 2.64. The van der Waals surface area contributed by atoms with Gasteiger partial charge in [0, 0.05) is 19.2 Å². The van der Waals surface area contributed by atoms with E-state index in [2.05, 4.69) is 4.90 Å². The highest BCUT2D eigenvalue weighted by atomic mass is 16.6. The summed E-state index contributed by atoms with van der Waals surface area (Å²) >= 11 is 0. The molecule has 1 fully saturated rings. The van der Waals surface area contributed by atoms with Gasteiger partial charge in [-0.15, -0.1) is 0 Å². The molecule has 1 saturated heterocycles. The van der Waals surface area contributed by atoms with Crippen LogP contribution in [0.3, 0.4) is 0 Å². The second-order valence-electron chi connectivity index (χ2n) is 4.73. The van der Waals surface area contributed by atoms with Crippen LogP contribution in [0, 0.1) is 10.1 Å². The van der Waals surface area contributed by atoms with Gasteiger partial charge in [-0.25, -0.2) is 0 Å². The summed E-state index contributed by atoms with van der Waals surface area (Å²) in [5.41, 5.74) is 1.35. The minimum absolute atomic E-state index is 0.0929. The second-order valence-corrected chi connectivity index (χ2v) is 4.73. The highest BCUT2D eigenvalue weighted by molar-refractivity contribution is 5.64. The molecule has 1 aromatic rings. The lowest BCUT2D eigenvalue weighted by Gasteiger charge is -2.28. The number of anilines is 1. The molecule has 1 N–H and O–H groups in total. The third kappa shape index (κ3) is 2.61. The minimum Gasteiger partial charge on any atom is -0.389 e. The zero-order valence-corrected chi connectivity index (χ0v) is 10.5. The number of nitro groups is 1. The van der Waals surface area contributed by atoms with Crippen molar-refractivity contribution in [2.75, 3.05) is 18.0 Å². The molecule has 1 aromatic carbocycles. The number of nitrogens with zero attached hydrogens (tertiary/aromatic N) is 2. The average molecular weight is 250 g/mol. The molecule has 1 unspecified atom stereocenters. The van der Waals surface area contributed by atoms with Crippen molar-refractivity contribution < 1.29 is 10.0 Å². The molecule has 0 spiro atoms. The molecule has 0 radical (unpaired) electrons. The fourth-order valence-corrected chi connectivity index (χ4v) is 2.35. The number of aliphatic hydroxyl groups excluding tert-OH is 1. The third-order valence-corrected chi connectivity index (χ3v) is 3.38. The molecular formula is C13H18N2O3. The molecule has 0 aliphatic carbocycles. The summed E-state index contributed by atoms with van der Waals surface area (Å²) in [6.07, 6.45) is 2.67. The van der Waals surface area contributed by atoms with Crippen molar-refractivity contribution in [2.24, 2.45) is 0 Å². The van der Waals surface area contributed by atoms with Crippen molar-refractivity contribution in [1.29, 1.82) is 0 Å². The van der Waals surface area contributed by atoms with Gasteiger partial charge in [-0.2, -0.15) is 0 Å². The van der Waals surface area contributed by atoms with Gasteiger partial charge in [0.25, 0.3) is 5.69 Å². The second kappa shape index (κ2) is 5.35. The Kier molecular flexibility index (Phi) is 3.81. The fourth-order valence-electron chi connectivity index (χ4n) is 2.35. The molecule has 5 nitrogen and oxygen atoms in total. The van der Waals surface area contributed by atoms with Crippen molar-refractivity contribution in [3.63, 3.8) is 0 Å². The lowest BCUT2D eigenvalue weighted by atomic mass is 10.1. The van der Waals surface area contributed by atoms with Gasteiger partial charge in [0.1, 0.15) is 5.69 Å². The van der Waals surface area contributed by atoms with Gasteiger partial charge in [0.2, 0.25) is 0 Å². The van der Waals surface area contributed by atoms with Crippen molar-refractivity contribution in [3.05, 3.63) is 33.9 Å². The van der Waals surface area contributed by atoms with Gasteiger partial charge in [-0.1, -0.05) is 6.07 Å². The maximum atomic E-state index is 11.1. The summed E-state index contributed by atoms with van der Waals surface area (Å²) in [4.78, 5) is 12.8. The summed E-state index contributed by atoms with van der Waals surface area (Å²) in [6.45, 7) is 3.35. The molecule has 98 valence electrons. The molecule has 5 heteroatoms. The zero-order valence-electron chi connectivity index (χ0n) is 10.5. The van der Waals surface area contributed by atoms with Crippen LogP contribution in [-0.4, -0.2) is 23.1 Å². The van der Waals surface area contributed by atoms with Crippen LogP contribution in [0.15, 0.2) is 18.2 Å². The minimum atomic E-state index is -0.681. The Balaban J connectivity index is 2.36. The van der Waals surface area contributed by atoms with Crippen molar-refractivity contribution in [3.8, 4) is 0 Å². The molecule has 2 rings (SSSR count). The summed E-state index contributed by atoms with van der Waals surface area (Å²) < 4.78 is 0. The number of piperidine rings is 1. The Bertz CT molecular complexity index is 440. The highest BCUT2D eigenvalue weighted by Crippen LogP contribution is 2.32. The first-order valence-corrected chi connectivity index (χ1v) is 6.31.